The maximum atomic E-state index is 12.2. The molecule has 2 aromatic carbocycles. The van der Waals surface area contributed by atoms with Crippen LogP contribution in [0.4, 0.5) is 5.69 Å². The Kier molecular flexibility index (Phi) is 6.09. The highest BCUT2D eigenvalue weighted by molar-refractivity contribution is 6.32. The van der Waals surface area contributed by atoms with E-state index >= 15 is 0 Å². The number of ether oxygens (including phenoxy) is 2. The number of carbonyl (C=O) groups excluding carboxylic acids is 2. The van der Waals surface area contributed by atoms with Crippen LogP contribution in [0.1, 0.15) is 22.3 Å². The quantitative estimate of drug-likeness (QED) is 0.804. The van der Waals surface area contributed by atoms with Crippen LogP contribution >= 0.6 is 11.6 Å². The molecule has 0 saturated carbocycles. The second kappa shape index (κ2) is 8.52. The van der Waals surface area contributed by atoms with Crippen LogP contribution in [0, 0.1) is 20.8 Å². The Morgan fingerprint density at radius 2 is 1.68 bits per heavy atom. The number of amides is 2. The molecule has 0 saturated heterocycles. The van der Waals surface area contributed by atoms with Crippen molar-refractivity contribution in [3.8, 4) is 11.5 Å². The molecule has 0 spiro atoms. The van der Waals surface area contributed by atoms with Gasteiger partial charge in [-0.2, -0.15) is 0 Å². The molecule has 0 fully saturated rings. The van der Waals surface area contributed by atoms with Crippen molar-refractivity contribution in [3.05, 3.63) is 51.5 Å². The molecule has 148 valence electrons. The second-order valence-corrected chi connectivity index (χ2v) is 7.28. The first-order valence-electron chi connectivity index (χ1n) is 9.06. The van der Waals surface area contributed by atoms with Crippen LogP contribution in [0.2, 0.25) is 5.02 Å². The number of aryl methyl sites for hydroxylation is 3. The standard InChI is InChI=1S/C21H23ClN2O4/c1-12-6-13(2)20(14(3)7-12)24-19(26)11-23-18(25)10-15-8-16(22)21-17(9-15)27-4-5-28-21/h6-9H,4-5,10-11H2,1-3H3,(H,23,25)(H,24,26). The highest BCUT2D eigenvalue weighted by Crippen LogP contribution is 2.38. The highest BCUT2D eigenvalue weighted by atomic mass is 35.5. The lowest BCUT2D eigenvalue weighted by molar-refractivity contribution is -0.123. The third-order valence-corrected chi connectivity index (χ3v) is 4.69. The van der Waals surface area contributed by atoms with Gasteiger partial charge < -0.3 is 20.1 Å². The number of nitrogens with one attached hydrogen (secondary N) is 2. The van der Waals surface area contributed by atoms with Gasteiger partial charge in [0.05, 0.1) is 18.0 Å². The summed E-state index contributed by atoms with van der Waals surface area (Å²) < 4.78 is 11.0. The Bertz CT molecular complexity index is 904. The Balaban J connectivity index is 1.56. The van der Waals surface area contributed by atoms with E-state index in [1.165, 1.54) is 0 Å². The lowest BCUT2D eigenvalue weighted by Gasteiger charge is -2.20. The van der Waals surface area contributed by atoms with E-state index < -0.39 is 0 Å². The fourth-order valence-corrected chi connectivity index (χ4v) is 3.54. The predicted octanol–water partition coefficient (Wildman–Crippen LogP) is 3.33. The molecule has 2 aromatic rings. The number of fused-ring (bicyclic) bond motifs is 1. The van der Waals surface area contributed by atoms with E-state index in [-0.39, 0.29) is 24.8 Å². The van der Waals surface area contributed by atoms with E-state index in [1.807, 2.05) is 32.9 Å². The number of halogens is 1. The van der Waals surface area contributed by atoms with Crippen LogP contribution in [-0.4, -0.2) is 31.6 Å². The van der Waals surface area contributed by atoms with Gasteiger partial charge in [-0.25, -0.2) is 0 Å². The maximum Gasteiger partial charge on any atom is 0.243 e. The molecule has 0 radical (unpaired) electrons. The zero-order chi connectivity index (χ0) is 20.3. The molecular formula is C21H23ClN2O4. The minimum Gasteiger partial charge on any atom is -0.486 e. The predicted molar refractivity (Wildman–Crippen MR) is 108 cm³/mol. The van der Waals surface area contributed by atoms with Crippen molar-refractivity contribution in [2.45, 2.75) is 27.2 Å². The summed E-state index contributed by atoms with van der Waals surface area (Å²) in [6.07, 6.45) is 0.0895. The molecule has 0 unspecified atom stereocenters. The normalized spacial score (nSPS) is 12.4. The molecule has 0 aromatic heterocycles. The number of benzene rings is 2. The summed E-state index contributed by atoms with van der Waals surface area (Å²) in [6.45, 7) is 6.68. The molecule has 0 aliphatic carbocycles. The van der Waals surface area contributed by atoms with Gasteiger partial charge in [-0.05, 0) is 49.6 Å². The van der Waals surface area contributed by atoms with Gasteiger partial charge in [0.1, 0.15) is 13.2 Å². The topological polar surface area (TPSA) is 76.7 Å². The molecular weight excluding hydrogens is 380 g/mol. The van der Waals surface area contributed by atoms with Gasteiger partial charge in [0.2, 0.25) is 11.8 Å². The van der Waals surface area contributed by atoms with Gasteiger partial charge in [-0.15, -0.1) is 0 Å². The molecule has 2 N–H and O–H groups in total. The van der Waals surface area contributed by atoms with Gasteiger partial charge in [0, 0.05) is 5.69 Å². The van der Waals surface area contributed by atoms with Crippen molar-refractivity contribution in [1.29, 1.82) is 0 Å². The van der Waals surface area contributed by atoms with Crippen LogP contribution in [0.25, 0.3) is 0 Å². The van der Waals surface area contributed by atoms with E-state index in [0.29, 0.717) is 35.3 Å². The van der Waals surface area contributed by atoms with Crippen LogP contribution in [0.15, 0.2) is 24.3 Å². The number of anilines is 1. The van der Waals surface area contributed by atoms with E-state index in [9.17, 15) is 9.59 Å². The molecule has 0 atom stereocenters. The van der Waals surface area contributed by atoms with Gasteiger partial charge in [-0.1, -0.05) is 29.3 Å². The second-order valence-electron chi connectivity index (χ2n) is 6.88. The molecule has 28 heavy (non-hydrogen) atoms. The van der Waals surface area contributed by atoms with E-state index in [0.717, 1.165) is 22.4 Å². The average molecular weight is 403 g/mol. The van der Waals surface area contributed by atoms with Crippen LogP contribution in [0.3, 0.4) is 0 Å². The van der Waals surface area contributed by atoms with Gasteiger partial charge in [0.25, 0.3) is 0 Å². The lowest BCUT2D eigenvalue weighted by Crippen LogP contribution is -2.34. The molecule has 1 aliphatic rings. The zero-order valence-electron chi connectivity index (χ0n) is 16.1. The molecule has 7 heteroatoms. The minimum absolute atomic E-state index is 0.0895. The Labute approximate surface area is 169 Å². The summed E-state index contributed by atoms with van der Waals surface area (Å²) in [7, 11) is 0. The SMILES string of the molecule is Cc1cc(C)c(NC(=O)CNC(=O)Cc2cc(Cl)c3c(c2)OCCO3)c(C)c1. The molecule has 1 heterocycles. The smallest absolute Gasteiger partial charge is 0.243 e. The number of hydrogen-bond acceptors (Lipinski definition) is 4. The maximum absolute atomic E-state index is 12.2. The van der Waals surface area contributed by atoms with Crippen molar-refractivity contribution in [2.24, 2.45) is 0 Å². The Morgan fingerprint density at radius 3 is 2.39 bits per heavy atom. The van der Waals surface area contributed by atoms with Crippen molar-refractivity contribution in [3.63, 3.8) is 0 Å². The van der Waals surface area contributed by atoms with Crippen molar-refractivity contribution < 1.29 is 19.1 Å². The van der Waals surface area contributed by atoms with Crippen molar-refractivity contribution in [2.75, 3.05) is 25.1 Å². The summed E-state index contributed by atoms with van der Waals surface area (Å²) in [5.74, 6) is 0.480. The largest absolute Gasteiger partial charge is 0.486 e. The fraction of sp³-hybridized carbons (Fsp3) is 0.333. The molecule has 1 aliphatic heterocycles. The fourth-order valence-electron chi connectivity index (χ4n) is 3.25. The van der Waals surface area contributed by atoms with Crippen LogP contribution in [-0.2, 0) is 16.0 Å². The minimum atomic E-state index is -0.278. The summed E-state index contributed by atoms with van der Waals surface area (Å²) in [5, 5.41) is 5.90. The summed E-state index contributed by atoms with van der Waals surface area (Å²) >= 11 is 6.19. The van der Waals surface area contributed by atoms with Gasteiger partial charge >= 0.3 is 0 Å². The number of rotatable bonds is 5. The molecule has 3 rings (SSSR count). The summed E-state index contributed by atoms with van der Waals surface area (Å²) in [4.78, 5) is 24.4. The first-order valence-corrected chi connectivity index (χ1v) is 9.43. The molecule has 6 nitrogen and oxygen atoms in total. The third-order valence-electron chi connectivity index (χ3n) is 4.41. The molecule has 0 bridgehead atoms. The van der Waals surface area contributed by atoms with E-state index in [2.05, 4.69) is 10.6 Å². The van der Waals surface area contributed by atoms with E-state index in [4.69, 9.17) is 21.1 Å². The van der Waals surface area contributed by atoms with Crippen LogP contribution < -0.4 is 20.1 Å². The Morgan fingerprint density at radius 1 is 1.00 bits per heavy atom. The first-order chi connectivity index (χ1) is 13.3. The zero-order valence-corrected chi connectivity index (χ0v) is 16.9. The third kappa shape index (κ3) is 4.75. The number of hydrogen-bond donors (Lipinski definition) is 2. The van der Waals surface area contributed by atoms with Gasteiger partial charge in [-0.3, -0.25) is 9.59 Å². The monoisotopic (exact) mass is 402 g/mol. The van der Waals surface area contributed by atoms with Crippen LogP contribution in [0.5, 0.6) is 11.5 Å². The Hall–Kier alpha value is -2.73. The molecule has 2 amide bonds. The first kappa shape index (κ1) is 20.0. The van der Waals surface area contributed by atoms with E-state index in [1.54, 1.807) is 12.1 Å². The van der Waals surface area contributed by atoms with Crippen molar-refractivity contribution in [1.82, 2.24) is 5.32 Å². The lowest BCUT2D eigenvalue weighted by atomic mass is 10.1. The highest BCUT2D eigenvalue weighted by Gasteiger charge is 2.18. The summed E-state index contributed by atoms with van der Waals surface area (Å²) in [5.41, 5.74) is 4.59. The van der Waals surface area contributed by atoms with Crippen molar-refractivity contribution >= 4 is 29.1 Å². The summed E-state index contributed by atoms with van der Waals surface area (Å²) in [6, 6.07) is 7.42. The van der Waals surface area contributed by atoms with Gasteiger partial charge in [0.15, 0.2) is 11.5 Å². The number of carbonyl (C=O) groups is 2. The average Bonchev–Trinajstić information content (AvgIpc) is 2.63.